The number of hydrogen-bond donors (Lipinski definition) is 2. The van der Waals surface area contributed by atoms with Crippen molar-refractivity contribution in [3.63, 3.8) is 0 Å². The van der Waals surface area contributed by atoms with Gasteiger partial charge in [-0.2, -0.15) is 0 Å². The average molecular weight is 296 g/mol. The van der Waals surface area contributed by atoms with Gasteiger partial charge in [0.05, 0.1) is 15.9 Å². The van der Waals surface area contributed by atoms with Crippen molar-refractivity contribution in [2.24, 2.45) is 0 Å². The lowest BCUT2D eigenvalue weighted by Gasteiger charge is -2.05. The molecule has 1 aromatic heterocycles. The average Bonchev–Trinajstić information content (AvgIpc) is 2.78. The lowest BCUT2D eigenvalue weighted by molar-refractivity contribution is -0.385. The van der Waals surface area contributed by atoms with Crippen molar-refractivity contribution < 1.29 is 4.92 Å². The Morgan fingerprint density at radius 2 is 2.24 bits per heavy atom. The second-order valence-corrected chi connectivity index (χ2v) is 4.33. The van der Waals surface area contributed by atoms with Crippen molar-refractivity contribution in [1.29, 1.82) is 0 Å². The molecule has 2 N–H and O–H groups in total. The summed E-state index contributed by atoms with van der Waals surface area (Å²) < 4.78 is 0.471. The van der Waals surface area contributed by atoms with E-state index in [1.807, 2.05) is 18.3 Å². The Kier molecular flexibility index (Phi) is 3.43. The molecule has 1 heterocycles. The minimum atomic E-state index is -0.418. The van der Waals surface area contributed by atoms with Crippen LogP contribution in [0.4, 0.5) is 11.4 Å². The molecule has 0 aliphatic carbocycles. The Bertz CT molecular complexity index is 526. The minimum absolute atomic E-state index is 0.0652. The Balaban J connectivity index is 2.07. The molecule has 1 aromatic carbocycles. The van der Waals surface area contributed by atoms with Crippen molar-refractivity contribution in [1.82, 2.24) is 4.98 Å². The molecule has 0 atom stereocenters. The zero-order chi connectivity index (χ0) is 12.3. The molecule has 0 fully saturated rings. The zero-order valence-electron chi connectivity index (χ0n) is 8.81. The van der Waals surface area contributed by atoms with Crippen molar-refractivity contribution in [2.75, 3.05) is 5.32 Å². The van der Waals surface area contributed by atoms with Gasteiger partial charge in [-0.15, -0.1) is 0 Å². The topological polar surface area (TPSA) is 71.0 Å². The highest BCUT2D eigenvalue weighted by atomic mass is 79.9. The predicted octanol–water partition coefficient (Wildman–Crippen LogP) is 3.30. The van der Waals surface area contributed by atoms with E-state index >= 15 is 0 Å². The van der Waals surface area contributed by atoms with Crippen molar-refractivity contribution in [2.45, 2.75) is 6.54 Å². The first kappa shape index (κ1) is 11.7. The number of anilines is 1. The van der Waals surface area contributed by atoms with Crippen LogP contribution in [0.5, 0.6) is 0 Å². The molecule has 0 saturated heterocycles. The fraction of sp³-hybridized carbons (Fsp3) is 0.0909. The van der Waals surface area contributed by atoms with Gasteiger partial charge in [0.2, 0.25) is 0 Å². The summed E-state index contributed by atoms with van der Waals surface area (Å²) in [5, 5.41) is 13.8. The van der Waals surface area contributed by atoms with Gasteiger partial charge in [0.15, 0.2) is 0 Å². The quantitative estimate of drug-likeness (QED) is 0.671. The van der Waals surface area contributed by atoms with E-state index in [2.05, 4.69) is 26.2 Å². The number of aromatic nitrogens is 1. The first-order valence-electron chi connectivity index (χ1n) is 4.97. The summed E-state index contributed by atoms with van der Waals surface area (Å²) in [4.78, 5) is 13.3. The molecule has 0 spiro atoms. The van der Waals surface area contributed by atoms with Gasteiger partial charge in [0.1, 0.15) is 0 Å². The first-order chi connectivity index (χ1) is 8.16. The maximum atomic E-state index is 10.6. The number of nitro groups is 1. The number of H-pyrrole nitrogens is 1. The highest BCUT2D eigenvalue weighted by Crippen LogP contribution is 2.27. The maximum Gasteiger partial charge on any atom is 0.283 e. The number of nitro benzene ring substituents is 1. The van der Waals surface area contributed by atoms with Gasteiger partial charge in [-0.3, -0.25) is 10.1 Å². The maximum absolute atomic E-state index is 10.6. The Morgan fingerprint density at radius 3 is 2.82 bits per heavy atom. The number of nitrogens with one attached hydrogen (secondary N) is 2. The molecule has 6 heteroatoms. The van der Waals surface area contributed by atoms with Crippen LogP contribution in [0.25, 0.3) is 0 Å². The minimum Gasteiger partial charge on any atom is -0.379 e. The van der Waals surface area contributed by atoms with E-state index in [0.717, 1.165) is 11.4 Å². The third-order valence-electron chi connectivity index (χ3n) is 2.29. The molecular formula is C11H10BrN3O2. The molecule has 5 nitrogen and oxygen atoms in total. The van der Waals surface area contributed by atoms with Crippen LogP contribution in [-0.2, 0) is 6.54 Å². The molecule has 2 rings (SSSR count). The molecule has 0 unspecified atom stereocenters. The van der Waals surface area contributed by atoms with Crippen LogP contribution in [-0.4, -0.2) is 9.91 Å². The zero-order valence-corrected chi connectivity index (χ0v) is 10.4. The van der Waals surface area contributed by atoms with E-state index in [4.69, 9.17) is 0 Å². The van der Waals surface area contributed by atoms with E-state index < -0.39 is 4.92 Å². The molecule has 88 valence electrons. The Hall–Kier alpha value is -1.82. The van der Waals surface area contributed by atoms with Crippen LogP contribution in [0.3, 0.4) is 0 Å². The van der Waals surface area contributed by atoms with Gasteiger partial charge in [0.25, 0.3) is 5.69 Å². The molecule has 0 radical (unpaired) electrons. The summed E-state index contributed by atoms with van der Waals surface area (Å²) >= 11 is 3.18. The summed E-state index contributed by atoms with van der Waals surface area (Å²) in [6.45, 7) is 0.650. The number of rotatable bonds is 4. The van der Waals surface area contributed by atoms with Gasteiger partial charge >= 0.3 is 0 Å². The van der Waals surface area contributed by atoms with Crippen molar-refractivity contribution in [3.8, 4) is 0 Å². The number of benzene rings is 1. The lowest BCUT2D eigenvalue weighted by Crippen LogP contribution is -2.00. The van der Waals surface area contributed by atoms with Crippen LogP contribution in [0.1, 0.15) is 5.69 Å². The van der Waals surface area contributed by atoms with Gasteiger partial charge in [-0.05, 0) is 40.2 Å². The molecule has 2 aromatic rings. The molecule has 0 aliphatic rings. The van der Waals surface area contributed by atoms with Crippen LogP contribution in [0, 0.1) is 10.1 Å². The largest absolute Gasteiger partial charge is 0.379 e. The summed E-state index contributed by atoms with van der Waals surface area (Å²) in [5.74, 6) is 0. The fourth-order valence-corrected chi connectivity index (χ4v) is 1.96. The second-order valence-electron chi connectivity index (χ2n) is 3.47. The van der Waals surface area contributed by atoms with Gasteiger partial charge < -0.3 is 10.3 Å². The third kappa shape index (κ3) is 2.85. The summed E-state index contributed by atoms with van der Waals surface area (Å²) in [5.41, 5.74) is 1.95. The highest BCUT2D eigenvalue weighted by Gasteiger charge is 2.11. The van der Waals surface area contributed by atoms with Gasteiger partial charge in [0, 0.05) is 23.6 Å². The predicted molar refractivity (Wildman–Crippen MR) is 68.9 cm³/mol. The normalized spacial score (nSPS) is 10.2. The van der Waals surface area contributed by atoms with E-state index in [1.165, 1.54) is 6.07 Å². The summed E-state index contributed by atoms with van der Waals surface area (Å²) in [6.07, 6.45) is 1.85. The number of aromatic amines is 1. The molecule has 0 bridgehead atoms. The SMILES string of the molecule is O=[N+]([O-])c1ccc(NCc2ccc[nH]2)cc1Br. The fourth-order valence-electron chi connectivity index (χ4n) is 1.44. The van der Waals surface area contributed by atoms with Crippen molar-refractivity contribution >= 4 is 27.3 Å². The number of halogens is 1. The van der Waals surface area contributed by atoms with E-state index in [9.17, 15) is 10.1 Å². The van der Waals surface area contributed by atoms with Crippen molar-refractivity contribution in [3.05, 3.63) is 56.8 Å². The Morgan fingerprint density at radius 1 is 1.41 bits per heavy atom. The smallest absolute Gasteiger partial charge is 0.283 e. The number of nitrogens with zero attached hydrogens (tertiary/aromatic N) is 1. The number of hydrogen-bond acceptors (Lipinski definition) is 3. The first-order valence-corrected chi connectivity index (χ1v) is 5.76. The molecule has 0 saturated carbocycles. The van der Waals surface area contributed by atoms with Gasteiger partial charge in [-0.1, -0.05) is 0 Å². The van der Waals surface area contributed by atoms with Crippen LogP contribution >= 0.6 is 15.9 Å². The van der Waals surface area contributed by atoms with Crippen LogP contribution in [0.15, 0.2) is 41.0 Å². The van der Waals surface area contributed by atoms with Crippen LogP contribution in [0.2, 0.25) is 0 Å². The van der Waals surface area contributed by atoms with Gasteiger partial charge in [-0.25, -0.2) is 0 Å². The lowest BCUT2D eigenvalue weighted by atomic mass is 10.3. The second kappa shape index (κ2) is 5.01. The summed E-state index contributed by atoms with van der Waals surface area (Å²) in [6, 6.07) is 8.74. The molecule has 0 amide bonds. The van der Waals surface area contributed by atoms with E-state index in [1.54, 1.807) is 12.1 Å². The van der Waals surface area contributed by atoms with E-state index in [-0.39, 0.29) is 5.69 Å². The summed E-state index contributed by atoms with van der Waals surface area (Å²) in [7, 11) is 0. The molecule has 17 heavy (non-hydrogen) atoms. The monoisotopic (exact) mass is 295 g/mol. The Labute approximate surface area is 106 Å². The standard InChI is InChI=1S/C11H10BrN3O2/c12-10-6-8(3-4-11(10)15(16)17)14-7-9-2-1-5-13-9/h1-6,13-14H,7H2. The van der Waals surface area contributed by atoms with E-state index in [0.29, 0.717) is 11.0 Å². The highest BCUT2D eigenvalue weighted by molar-refractivity contribution is 9.10. The molecule has 0 aliphatic heterocycles. The third-order valence-corrected chi connectivity index (χ3v) is 2.92. The molecular weight excluding hydrogens is 286 g/mol. The van der Waals surface area contributed by atoms with Crippen LogP contribution < -0.4 is 5.32 Å².